The topological polar surface area (TPSA) is 17.1 Å². The first kappa shape index (κ1) is 13.3. The van der Waals surface area contributed by atoms with Crippen molar-refractivity contribution in [3.05, 3.63) is 65.7 Å². The first-order valence-corrected chi connectivity index (χ1v) is 7.47. The molecule has 0 heterocycles. The molecule has 0 saturated heterocycles. The Kier molecular flexibility index (Phi) is 4.56. The molecule has 18 heavy (non-hydrogen) atoms. The Morgan fingerprint density at radius 2 is 1.67 bits per heavy atom. The molecule has 3 heteroatoms. The van der Waals surface area contributed by atoms with Crippen LogP contribution in [0.2, 0.25) is 0 Å². The van der Waals surface area contributed by atoms with Crippen molar-refractivity contribution in [1.82, 2.24) is 0 Å². The third kappa shape index (κ3) is 3.44. The minimum atomic E-state index is -1.17. The molecule has 94 valence electrons. The lowest BCUT2D eigenvalue weighted by Crippen LogP contribution is -2.11. The van der Waals surface area contributed by atoms with Crippen LogP contribution in [0, 0.1) is 6.92 Å². The Morgan fingerprint density at radius 1 is 1.06 bits per heavy atom. The predicted octanol–water partition coefficient (Wildman–Crippen LogP) is 3.91. The van der Waals surface area contributed by atoms with Gasteiger partial charge in [-0.05, 0) is 24.6 Å². The predicted molar refractivity (Wildman–Crippen MR) is 77.4 cm³/mol. The molecule has 0 N–H and O–H groups in total. The van der Waals surface area contributed by atoms with E-state index in [0.717, 1.165) is 16.0 Å². The van der Waals surface area contributed by atoms with Crippen molar-refractivity contribution in [2.75, 3.05) is 0 Å². The first-order chi connectivity index (χ1) is 8.66. The quantitative estimate of drug-likeness (QED) is 0.775. The van der Waals surface area contributed by atoms with Crippen LogP contribution in [-0.4, -0.2) is 8.92 Å². The van der Waals surface area contributed by atoms with E-state index in [-0.39, 0.29) is 0 Å². The molecule has 0 saturated carbocycles. The zero-order chi connectivity index (χ0) is 13.0. The van der Waals surface area contributed by atoms with Gasteiger partial charge in [0.15, 0.2) is 0 Å². The lowest BCUT2D eigenvalue weighted by molar-refractivity contribution is 0.680. The zero-order valence-corrected chi connectivity index (χ0v) is 11.7. The Bertz CT molecular complexity index is 522. The standard InChI is InChI=1S/C15H15ClOS/c1-12-7-9-14(10-8-12)18(17)15(16)11-13-5-3-2-4-6-13/h2-10,15H,11H2,1H3/t15-,18+/m0/s1. The average molecular weight is 279 g/mol. The Hall–Kier alpha value is -1.12. The van der Waals surface area contributed by atoms with Gasteiger partial charge in [-0.3, -0.25) is 4.21 Å². The van der Waals surface area contributed by atoms with Crippen molar-refractivity contribution in [3.63, 3.8) is 0 Å². The van der Waals surface area contributed by atoms with Crippen LogP contribution in [0.5, 0.6) is 0 Å². The second-order valence-electron chi connectivity index (χ2n) is 4.21. The lowest BCUT2D eigenvalue weighted by atomic mass is 10.2. The van der Waals surface area contributed by atoms with E-state index < -0.39 is 15.5 Å². The molecule has 0 unspecified atom stereocenters. The van der Waals surface area contributed by atoms with Crippen LogP contribution in [0.1, 0.15) is 11.1 Å². The Labute approximate surface area is 115 Å². The number of halogens is 1. The highest BCUT2D eigenvalue weighted by Gasteiger charge is 2.15. The summed E-state index contributed by atoms with van der Waals surface area (Å²) in [5.41, 5.74) is 2.27. The number of aryl methyl sites for hydroxylation is 1. The smallest absolute Gasteiger partial charge is 0.117 e. The van der Waals surface area contributed by atoms with Gasteiger partial charge < -0.3 is 0 Å². The fourth-order valence-electron chi connectivity index (χ4n) is 1.70. The van der Waals surface area contributed by atoms with E-state index in [1.54, 1.807) is 0 Å². The second-order valence-corrected chi connectivity index (χ2v) is 6.63. The summed E-state index contributed by atoms with van der Waals surface area (Å²) in [6, 6.07) is 17.6. The Morgan fingerprint density at radius 3 is 2.28 bits per heavy atom. The molecule has 2 atom stereocenters. The van der Waals surface area contributed by atoms with Crippen molar-refractivity contribution in [1.29, 1.82) is 0 Å². The van der Waals surface area contributed by atoms with E-state index in [1.165, 1.54) is 0 Å². The number of hydrogen-bond donors (Lipinski definition) is 0. The number of rotatable bonds is 4. The highest BCUT2D eigenvalue weighted by atomic mass is 35.5. The van der Waals surface area contributed by atoms with Gasteiger partial charge in [0.1, 0.15) is 4.71 Å². The molecule has 0 aliphatic carbocycles. The highest BCUT2D eigenvalue weighted by Crippen LogP contribution is 2.18. The molecule has 1 nitrogen and oxygen atoms in total. The van der Waals surface area contributed by atoms with E-state index in [4.69, 9.17) is 11.6 Å². The summed E-state index contributed by atoms with van der Waals surface area (Å²) in [4.78, 5) is 0.788. The summed E-state index contributed by atoms with van der Waals surface area (Å²) in [5, 5.41) is 0. The maximum Gasteiger partial charge on any atom is 0.117 e. The van der Waals surface area contributed by atoms with Gasteiger partial charge in [-0.1, -0.05) is 48.0 Å². The second kappa shape index (κ2) is 6.17. The summed E-state index contributed by atoms with van der Waals surface area (Å²) in [5.74, 6) is 0. The number of hydrogen-bond acceptors (Lipinski definition) is 1. The van der Waals surface area contributed by atoms with Crippen LogP contribution in [0.4, 0.5) is 0 Å². The van der Waals surface area contributed by atoms with E-state index in [1.807, 2.05) is 61.5 Å². The molecule has 0 aliphatic rings. The maximum absolute atomic E-state index is 12.2. The van der Waals surface area contributed by atoms with E-state index >= 15 is 0 Å². The number of alkyl halides is 1. The van der Waals surface area contributed by atoms with E-state index in [2.05, 4.69) is 0 Å². The van der Waals surface area contributed by atoms with Crippen LogP contribution >= 0.6 is 11.6 Å². The van der Waals surface area contributed by atoms with Gasteiger partial charge in [0, 0.05) is 11.3 Å². The maximum atomic E-state index is 12.2. The van der Waals surface area contributed by atoms with E-state index in [9.17, 15) is 4.21 Å². The van der Waals surface area contributed by atoms with Gasteiger partial charge >= 0.3 is 0 Å². The molecule has 2 aromatic carbocycles. The third-order valence-electron chi connectivity index (χ3n) is 2.72. The lowest BCUT2D eigenvalue weighted by Gasteiger charge is -2.10. The molecule has 0 amide bonds. The van der Waals surface area contributed by atoms with Crippen molar-refractivity contribution >= 4 is 22.4 Å². The minimum Gasteiger partial charge on any atom is -0.253 e. The van der Waals surface area contributed by atoms with Gasteiger partial charge in [0.25, 0.3) is 0 Å². The molecule has 0 bridgehead atoms. The molecular formula is C15H15ClOS. The molecule has 0 spiro atoms. The summed E-state index contributed by atoms with van der Waals surface area (Å²) < 4.78 is 11.8. The zero-order valence-electron chi connectivity index (χ0n) is 10.2. The van der Waals surface area contributed by atoms with Crippen LogP contribution in [-0.2, 0) is 17.2 Å². The van der Waals surface area contributed by atoms with Crippen LogP contribution < -0.4 is 0 Å². The molecule has 0 fully saturated rings. The third-order valence-corrected chi connectivity index (χ3v) is 4.73. The summed E-state index contributed by atoms with van der Waals surface area (Å²) in [6.45, 7) is 2.01. The van der Waals surface area contributed by atoms with Crippen molar-refractivity contribution in [2.45, 2.75) is 22.9 Å². The fraction of sp³-hybridized carbons (Fsp3) is 0.200. The van der Waals surface area contributed by atoms with E-state index in [0.29, 0.717) is 6.42 Å². The number of benzene rings is 2. The minimum absolute atomic E-state index is 0.393. The van der Waals surface area contributed by atoms with Crippen molar-refractivity contribution < 1.29 is 4.21 Å². The van der Waals surface area contributed by atoms with Gasteiger partial charge in [0.05, 0.1) is 10.8 Å². The normalized spacial score (nSPS) is 14.1. The summed E-state index contributed by atoms with van der Waals surface area (Å²) in [7, 11) is -1.17. The molecule has 0 radical (unpaired) electrons. The average Bonchev–Trinajstić information content (AvgIpc) is 2.40. The van der Waals surface area contributed by atoms with Crippen molar-refractivity contribution in [2.24, 2.45) is 0 Å². The fourth-order valence-corrected chi connectivity index (χ4v) is 3.23. The molecule has 2 aromatic rings. The molecule has 0 aliphatic heterocycles. The molecular weight excluding hydrogens is 264 g/mol. The molecule has 2 rings (SSSR count). The Balaban J connectivity index is 2.07. The highest BCUT2D eigenvalue weighted by molar-refractivity contribution is 7.87. The van der Waals surface area contributed by atoms with Gasteiger partial charge in [-0.25, -0.2) is 0 Å². The van der Waals surface area contributed by atoms with Crippen LogP contribution in [0.3, 0.4) is 0 Å². The SMILES string of the molecule is Cc1ccc([S@@](=O)[C@H](Cl)Cc2ccccc2)cc1. The largest absolute Gasteiger partial charge is 0.253 e. The van der Waals surface area contributed by atoms with Crippen LogP contribution in [0.25, 0.3) is 0 Å². The monoisotopic (exact) mass is 278 g/mol. The van der Waals surface area contributed by atoms with Gasteiger partial charge in [0.2, 0.25) is 0 Å². The van der Waals surface area contributed by atoms with Crippen LogP contribution in [0.15, 0.2) is 59.5 Å². The van der Waals surface area contributed by atoms with Crippen molar-refractivity contribution in [3.8, 4) is 0 Å². The molecule has 0 aromatic heterocycles. The van der Waals surface area contributed by atoms with Gasteiger partial charge in [-0.2, -0.15) is 0 Å². The summed E-state index contributed by atoms with van der Waals surface area (Å²) >= 11 is 6.24. The first-order valence-electron chi connectivity index (χ1n) is 5.82. The summed E-state index contributed by atoms with van der Waals surface area (Å²) in [6.07, 6.45) is 0.614. The van der Waals surface area contributed by atoms with Gasteiger partial charge in [-0.15, -0.1) is 11.6 Å².